The summed E-state index contributed by atoms with van der Waals surface area (Å²) in [7, 11) is 0. The molecule has 2 aromatic rings. The number of carbonyl (C=O) groups is 3. The Hall–Kier alpha value is -3.62. The molecule has 0 bridgehead atoms. The zero-order valence-electron chi connectivity index (χ0n) is 23.2. The Morgan fingerprint density at radius 3 is 2.03 bits per heavy atom. The normalized spacial score (nSPS) is 14.1. The predicted octanol–water partition coefficient (Wildman–Crippen LogP) is 5.93. The molecule has 0 radical (unpaired) electrons. The number of hydrogen-bond acceptors (Lipinski definition) is 5. The Morgan fingerprint density at radius 2 is 1.47 bits per heavy atom. The van der Waals surface area contributed by atoms with Gasteiger partial charge in [0.1, 0.15) is 22.6 Å². The molecule has 2 unspecified atom stereocenters. The van der Waals surface area contributed by atoms with Crippen molar-refractivity contribution in [1.29, 1.82) is 0 Å². The second-order valence-corrected chi connectivity index (χ2v) is 11.5. The van der Waals surface area contributed by atoms with Gasteiger partial charge in [-0.05, 0) is 84.1 Å². The molecule has 38 heavy (non-hydrogen) atoms. The van der Waals surface area contributed by atoms with Crippen molar-refractivity contribution in [2.45, 2.75) is 90.5 Å². The third-order valence-corrected chi connectivity index (χ3v) is 5.51. The van der Waals surface area contributed by atoms with E-state index in [-0.39, 0.29) is 12.8 Å². The van der Waals surface area contributed by atoms with Crippen LogP contribution in [0.15, 0.2) is 48.5 Å². The minimum Gasteiger partial charge on any atom is -0.480 e. The molecule has 2 rings (SSSR count). The second-order valence-electron chi connectivity index (χ2n) is 11.5. The monoisotopic (exact) mass is 530 g/mol. The quantitative estimate of drug-likeness (QED) is 0.370. The number of amides is 2. The summed E-state index contributed by atoms with van der Waals surface area (Å²) >= 11 is 0. The molecule has 8 nitrogen and oxygen atoms in total. The van der Waals surface area contributed by atoms with E-state index in [4.69, 9.17) is 9.47 Å². The van der Waals surface area contributed by atoms with Crippen molar-refractivity contribution in [3.8, 4) is 0 Å². The van der Waals surface area contributed by atoms with E-state index >= 15 is 0 Å². The number of benzene rings is 2. The van der Waals surface area contributed by atoms with Crippen molar-refractivity contribution in [2.24, 2.45) is 0 Å². The van der Waals surface area contributed by atoms with Crippen molar-refractivity contribution in [3.63, 3.8) is 0 Å². The molecule has 208 valence electrons. The van der Waals surface area contributed by atoms with Gasteiger partial charge < -0.3 is 25.2 Å². The van der Waals surface area contributed by atoms with Gasteiger partial charge in [0.05, 0.1) is 6.04 Å². The fourth-order valence-corrected chi connectivity index (χ4v) is 3.80. The van der Waals surface area contributed by atoms with Crippen molar-refractivity contribution in [1.82, 2.24) is 10.6 Å². The van der Waals surface area contributed by atoms with E-state index in [1.54, 1.807) is 47.6 Å². The SMILES string of the molecule is CC(C)(C)OC(=O)NC(CCc1cc(CC(C)(NC(=O)OC(C)(C)C)C(=O)O)ccc1F)c1ccccc1. The molecule has 2 amide bonds. The van der Waals surface area contributed by atoms with Gasteiger partial charge in [0.25, 0.3) is 0 Å². The minimum absolute atomic E-state index is 0.0902. The molecule has 0 aliphatic carbocycles. The Bertz CT molecular complexity index is 1120. The average molecular weight is 531 g/mol. The first-order valence-corrected chi connectivity index (χ1v) is 12.5. The van der Waals surface area contributed by atoms with Crippen LogP contribution in [0, 0.1) is 5.82 Å². The number of carboxylic acid groups (broad SMARTS) is 1. The van der Waals surface area contributed by atoms with Crippen LogP contribution in [0.4, 0.5) is 14.0 Å². The number of ether oxygens (including phenoxy) is 2. The Labute approximate surface area is 223 Å². The summed E-state index contributed by atoms with van der Waals surface area (Å²) in [5.41, 5.74) is -1.42. The maximum atomic E-state index is 14.8. The highest BCUT2D eigenvalue weighted by atomic mass is 19.1. The minimum atomic E-state index is -1.68. The number of halogens is 1. The second kappa shape index (κ2) is 12.3. The Balaban J connectivity index is 2.22. The van der Waals surface area contributed by atoms with Crippen molar-refractivity contribution < 1.29 is 33.4 Å². The lowest BCUT2D eigenvalue weighted by Gasteiger charge is -2.29. The fraction of sp³-hybridized carbons (Fsp3) is 0.483. The first-order chi connectivity index (χ1) is 17.5. The van der Waals surface area contributed by atoms with Gasteiger partial charge in [0.2, 0.25) is 0 Å². The lowest BCUT2D eigenvalue weighted by molar-refractivity contribution is -0.144. The molecule has 9 heteroatoms. The average Bonchev–Trinajstić information content (AvgIpc) is 2.76. The molecule has 0 heterocycles. The highest BCUT2D eigenvalue weighted by Gasteiger charge is 2.37. The van der Waals surface area contributed by atoms with E-state index in [1.165, 1.54) is 19.1 Å². The van der Waals surface area contributed by atoms with Crippen LogP contribution in [-0.4, -0.2) is 40.0 Å². The molecule has 3 N–H and O–H groups in total. The summed E-state index contributed by atoms with van der Waals surface area (Å²) in [5.74, 6) is -1.70. The van der Waals surface area contributed by atoms with Gasteiger partial charge in [0, 0.05) is 6.42 Å². The number of alkyl carbamates (subject to hydrolysis) is 2. The van der Waals surface area contributed by atoms with Crippen LogP contribution in [0.3, 0.4) is 0 Å². The maximum Gasteiger partial charge on any atom is 0.408 e. The molecule has 2 atom stereocenters. The van der Waals surface area contributed by atoms with Crippen LogP contribution in [0.5, 0.6) is 0 Å². The van der Waals surface area contributed by atoms with Crippen LogP contribution in [-0.2, 0) is 27.1 Å². The summed E-state index contributed by atoms with van der Waals surface area (Å²) in [6.07, 6.45) is -0.892. The smallest absolute Gasteiger partial charge is 0.408 e. The standard InChI is InChI=1S/C29H39FN2O6/c1-27(2,3)37-25(35)31-23(20-11-9-8-10-12-20)16-14-21-17-19(13-15-22(21)30)18-29(7,24(33)34)32-26(36)38-28(4,5)6/h8-13,15,17,23H,14,16,18H2,1-7H3,(H,31,35)(H,32,36)(H,33,34). The molecular weight excluding hydrogens is 491 g/mol. The predicted molar refractivity (Wildman–Crippen MR) is 142 cm³/mol. The summed E-state index contributed by atoms with van der Waals surface area (Å²) < 4.78 is 25.4. The van der Waals surface area contributed by atoms with E-state index in [2.05, 4.69) is 10.6 Å². The van der Waals surface area contributed by atoms with E-state index in [9.17, 15) is 23.9 Å². The number of aliphatic carboxylic acids is 1. The van der Waals surface area contributed by atoms with Crippen LogP contribution < -0.4 is 10.6 Å². The van der Waals surface area contributed by atoms with Gasteiger partial charge in [-0.25, -0.2) is 18.8 Å². The molecule has 0 saturated heterocycles. The summed E-state index contributed by atoms with van der Waals surface area (Å²) in [5, 5.41) is 15.1. The molecule has 0 aliphatic heterocycles. The first kappa shape index (κ1) is 30.6. The lowest BCUT2D eigenvalue weighted by Crippen LogP contribution is -2.54. The lowest BCUT2D eigenvalue weighted by atomic mass is 9.91. The Morgan fingerprint density at radius 1 is 0.895 bits per heavy atom. The van der Waals surface area contributed by atoms with E-state index in [0.717, 1.165) is 5.56 Å². The summed E-state index contributed by atoms with van der Waals surface area (Å²) in [6, 6.07) is 13.2. The number of carbonyl (C=O) groups excluding carboxylic acids is 2. The van der Waals surface area contributed by atoms with Gasteiger partial charge in [0.15, 0.2) is 0 Å². The highest BCUT2D eigenvalue weighted by molar-refractivity contribution is 5.84. The third-order valence-electron chi connectivity index (χ3n) is 5.51. The van der Waals surface area contributed by atoms with E-state index in [1.807, 2.05) is 30.3 Å². The largest absolute Gasteiger partial charge is 0.480 e. The molecule has 0 aliphatic rings. The van der Waals surface area contributed by atoms with Crippen LogP contribution in [0.1, 0.15) is 77.6 Å². The van der Waals surface area contributed by atoms with Gasteiger partial charge in [-0.15, -0.1) is 0 Å². The topological polar surface area (TPSA) is 114 Å². The number of rotatable bonds is 9. The van der Waals surface area contributed by atoms with Gasteiger partial charge in [-0.1, -0.05) is 42.5 Å². The fourth-order valence-electron chi connectivity index (χ4n) is 3.80. The van der Waals surface area contributed by atoms with E-state index < -0.39 is 46.8 Å². The summed E-state index contributed by atoms with van der Waals surface area (Å²) in [6.45, 7) is 11.7. The Kier molecular flexibility index (Phi) is 9.89. The van der Waals surface area contributed by atoms with Crippen LogP contribution in [0.25, 0.3) is 0 Å². The van der Waals surface area contributed by atoms with Crippen LogP contribution in [0.2, 0.25) is 0 Å². The maximum absolute atomic E-state index is 14.8. The molecule has 0 aromatic heterocycles. The van der Waals surface area contributed by atoms with Gasteiger partial charge >= 0.3 is 18.2 Å². The number of hydrogen-bond donors (Lipinski definition) is 3. The molecule has 0 fully saturated rings. The summed E-state index contributed by atoms with van der Waals surface area (Å²) in [4.78, 5) is 36.8. The van der Waals surface area contributed by atoms with Crippen molar-refractivity contribution in [3.05, 3.63) is 71.0 Å². The number of nitrogens with one attached hydrogen (secondary N) is 2. The highest BCUT2D eigenvalue weighted by Crippen LogP contribution is 2.24. The molecule has 2 aromatic carbocycles. The van der Waals surface area contributed by atoms with Gasteiger partial charge in [-0.2, -0.15) is 0 Å². The van der Waals surface area contributed by atoms with Crippen LogP contribution >= 0.6 is 0 Å². The number of carboxylic acids is 1. The van der Waals surface area contributed by atoms with Crippen molar-refractivity contribution in [2.75, 3.05) is 0 Å². The molecule has 0 spiro atoms. The van der Waals surface area contributed by atoms with E-state index in [0.29, 0.717) is 17.5 Å². The first-order valence-electron chi connectivity index (χ1n) is 12.5. The third kappa shape index (κ3) is 10.0. The van der Waals surface area contributed by atoms with Gasteiger partial charge in [-0.3, -0.25) is 0 Å². The zero-order valence-corrected chi connectivity index (χ0v) is 23.2. The molecule has 0 saturated carbocycles. The van der Waals surface area contributed by atoms with Crippen molar-refractivity contribution >= 4 is 18.2 Å². The molecular formula is C29H39FN2O6. The number of aryl methyl sites for hydroxylation is 1. The zero-order chi connectivity index (χ0) is 28.7.